The fraction of sp³-hybridized carbons (Fsp3) is 0.588. The van der Waals surface area contributed by atoms with Crippen LogP contribution in [0.2, 0.25) is 0 Å². The Morgan fingerprint density at radius 1 is 1.33 bits per heavy atom. The van der Waals surface area contributed by atoms with Gasteiger partial charge in [-0.1, -0.05) is 29.8 Å². The van der Waals surface area contributed by atoms with Gasteiger partial charge in [-0.05, 0) is 45.6 Å². The minimum atomic E-state index is -0.450. The van der Waals surface area contributed by atoms with Crippen molar-refractivity contribution in [2.45, 2.75) is 45.8 Å². The fourth-order valence-electron chi connectivity index (χ4n) is 2.63. The van der Waals surface area contributed by atoms with Crippen LogP contribution in [0.1, 0.15) is 44.4 Å². The number of aryl methyl sites for hydroxylation is 1. The number of carbonyl (C=O) groups excluding carboxylic acids is 1. The quantitative estimate of drug-likeness (QED) is 0.909. The summed E-state index contributed by atoms with van der Waals surface area (Å²) in [5.74, 6) is 0.292. The van der Waals surface area contributed by atoms with Gasteiger partial charge in [0.25, 0.3) is 0 Å². The van der Waals surface area contributed by atoms with Crippen molar-refractivity contribution in [3.63, 3.8) is 0 Å². The van der Waals surface area contributed by atoms with Crippen LogP contribution in [0.5, 0.6) is 0 Å². The van der Waals surface area contributed by atoms with E-state index in [0.717, 1.165) is 18.5 Å². The Balaban J connectivity index is 1.95. The fourth-order valence-corrected chi connectivity index (χ4v) is 2.63. The standard InChI is InChI=1S/C17H26N2O2/c1-12-5-7-13(8-6-12)15(18)14-9-10-19(11-14)16(20)21-17(2,3)4/h5-8,14-15H,9-11,18H2,1-4H3. The largest absolute Gasteiger partial charge is 0.444 e. The highest BCUT2D eigenvalue weighted by molar-refractivity contribution is 5.68. The molecule has 0 radical (unpaired) electrons. The van der Waals surface area contributed by atoms with E-state index >= 15 is 0 Å². The average molecular weight is 290 g/mol. The lowest BCUT2D eigenvalue weighted by molar-refractivity contribution is 0.0286. The van der Waals surface area contributed by atoms with Crippen LogP contribution in [0.4, 0.5) is 4.79 Å². The Labute approximate surface area is 127 Å². The van der Waals surface area contributed by atoms with Gasteiger partial charge in [0.15, 0.2) is 0 Å². The number of ether oxygens (including phenoxy) is 1. The summed E-state index contributed by atoms with van der Waals surface area (Å²) in [6, 6.07) is 8.29. The van der Waals surface area contributed by atoms with Gasteiger partial charge in [-0.2, -0.15) is 0 Å². The molecule has 2 N–H and O–H groups in total. The predicted octanol–water partition coefficient (Wildman–Crippen LogP) is 3.25. The molecule has 116 valence electrons. The van der Waals surface area contributed by atoms with Gasteiger partial charge in [0.05, 0.1) is 0 Å². The Bertz CT molecular complexity index is 491. The third-order valence-corrected chi connectivity index (χ3v) is 3.85. The highest BCUT2D eigenvalue weighted by atomic mass is 16.6. The zero-order chi connectivity index (χ0) is 15.6. The van der Waals surface area contributed by atoms with E-state index in [2.05, 4.69) is 31.2 Å². The van der Waals surface area contributed by atoms with Crippen molar-refractivity contribution >= 4 is 6.09 Å². The number of nitrogens with two attached hydrogens (primary N) is 1. The first kappa shape index (κ1) is 15.8. The van der Waals surface area contributed by atoms with Gasteiger partial charge in [0, 0.05) is 19.1 Å². The van der Waals surface area contributed by atoms with E-state index in [9.17, 15) is 4.79 Å². The first-order chi connectivity index (χ1) is 9.76. The molecule has 0 spiro atoms. The van der Waals surface area contributed by atoms with Gasteiger partial charge >= 0.3 is 6.09 Å². The molecule has 4 nitrogen and oxygen atoms in total. The molecule has 2 rings (SSSR count). The van der Waals surface area contributed by atoms with Gasteiger partial charge < -0.3 is 15.4 Å². The third-order valence-electron chi connectivity index (χ3n) is 3.85. The van der Waals surface area contributed by atoms with Crippen molar-refractivity contribution in [3.05, 3.63) is 35.4 Å². The van der Waals surface area contributed by atoms with Gasteiger partial charge in [-0.3, -0.25) is 0 Å². The SMILES string of the molecule is Cc1ccc(C(N)C2CCN(C(=O)OC(C)(C)C)C2)cc1. The number of benzene rings is 1. The van der Waals surface area contributed by atoms with Gasteiger partial charge in [-0.15, -0.1) is 0 Å². The Kier molecular flexibility index (Phi) is 4.57. The minimum Gasteiger partial charge on any atom is -0.444 e. The lowest BCUT2D eigenvalue weighted by atomic mass is 9.93. The summed E-state index contributed by atoms with van der Waals surface area (Å²) < 4.78 is 5.42. The molecule has 4 heteroatoms. The van der Waals surface area contributed by atoms with E-state index in [1.807, 2.05) is 20.8 Å². The maximum absolute atomic E-state index is 12.1. The monoisotopic (exact) mass is 290 g/mol. The number of nitrogens with zero attached hydrogens (tertiary/aromatic N) is 1. The molecule has 0 bridgehead atoms. The van der Waals surface area contributed by atoms with Crippen molar-refractivity contribution in [2.75, 3.05) is 13.1 Å². The highest BCUT2D eigenvalue weighted by Crippen LogP contribution is 2.29. The number of rotatable bonds is 2. The molecule has 1 aliphatic rings. The molecular formula is C17H26N2O2. The number of amides is 1. The molecule has 0 aromatic heterocycles. The van der Waals surface area contributed by atoms with Crippen molar-refractivity contribution in [1.82, 2.24) is 4.90 Å². The van der Waals surface area contributed by atoms with Gasteiger partial charge in [0.1, 0.15) is 5.60 Å². The van der Waals surface area contributed by atoms with Crippen LogP contribution in [0, 0.1) is 12.8 Å². The number of likely N-dealkylation sites (tertiary alicyclic amines) is 1. The molecule has 2 unspecified atom stereocenters. The molecule has 21 heavy (non-hydrogen) atoms. The number of hydrogen-bond donors (Lipinski definition) is 1. The molecular weight excluding hydrogens is 264 g/mol. The molecule has 1 aromatic carbocycles. The summed E-state index contributed by atoms with van der Waals surface area (Å²) in [7, 11) is 0. The topological polar surface area (TPSA) is 55.6 Å². The first-order valence-corrected chi connectivity index (χ1v) is 7.56. The van der Waals surface area contributed by atoms with E-state index in [-0.39, 0.29) is 12.1 Å². The molecule has 1 aromatic rings. The van der Waals surface area contributed by atoms with Crippen molar-refractivity contribution in [3.8, 4) is 0 Å². The zero-order valence-corrected chi connectivity index (χ0v) is 13.4. The van der Waals surface area contributed by atoms with E-state index in [1.165, 1.54) is 5.56 Å². The lowest BCUT2D eigenvalue weighted by Crippen LogP contribution is -2.36. The Morgan fingerprint density at radius 3 is 2.52 bits per heavy atom. The van der Waals surface area contributed by atoms with Crippen LogP contribution in [0.15, 0.2) is 24.3 Å². The summed E-state index contributed by atoms with van der Waals surface area (Å²) in [6.07, 6.45) is 0.690. The van der Waals surface area contributed by atoms with Gasteiger partial charge in [0.2, 0.25) is 0 Å². The molecule has 0 aliphatic carbocycles. The maximum Gasteiger partial charge on any atom is 0.410 e. The van der Waals surface area contributed by atoms with Gasteiger partial charge in [-0.25, -0.2) is 4.79 Å². The second kappa shape index (κ2) is 6.06. The number of hydrogen-bond acceptors (Lipinski definition) is 3. The zero-order valence-electron chi connectivity index (χ0n) is 13.4. The van der Waals surface area contributed by atoms with Crippen LogP contribution in [0.25, 0.3) is 0 Å². The average Bonchev–Trinajstić information content (AvgIpc) is 2.86. The van der Waals surface area contributed by atoms with Crippen LogP contribution in [0.3, 0.4) is 0 Å². The molecule has 2 atom stereocenters. The summed E-state index contributed by atoms with van der Waals surface area (Å²) in [4.78, 5) is 13.8. The van der Waals surface area contributed by atoms with E-state index in [4.69, 9.17) is 10.5 Å². The predicted molar refractivity (Wildman–Crippen MR) is 84.0 cm³/mol. The Hall–Kier alpha value is -1.55. The molecule has 1 saturated heterocycles. The smallest absolute Gasteiger partial charge is 0.410 e. The van der Waals surface area contributed by atoms with Crippen LogP contribution in [-0.2, 0) is 4.74 Å². The normalized spacial score (nSPS) is 20.4. The van der Waals surface area contributed by atoms with Crippen LogP contribution in [-0.4, -0.2) is 29.7 Å². The molecule has 1 fully saturated rings. The van der Waals surface area contributed by atoms with Crippen LogP contribution < -0.4 is 5.73 Å². The van der Waals surface area contributed by atoms with Crippen LogP contribution >= 0.6 is 0 Å². The summed E-state index contributed by atoms with van der Waals surface area (Å²) in [6.45, 7) is 9.11. The second-order valence-corrected chi connectivity index (χ2v) is 6.91. The van der Waals surface area contributed by atoms with Crippen molar-refractivity contribution in [2.24, 2.45) is 11.7 Å². The summed E-state index contributed by atoms with van der Waals surface area (Å²) in [5.41, 5.74) is 8.28. The number of carbonyl (C=O) groups is 1. The maximum atomic E-state index is 12.1. The van der Waals surface area contributed by atoms with E-state index in [1.54, 1.807) is 4.90 Å². The second-order valence-electron chi connectivity index (χ2n) is 6.91. The molecule has 1 heterocycles. The molecule has 1 amide bonds. The Morgan fingerprint density at radius 2 is 1.95 bits per heavy atom. The van der Waals surface area contributed by atoms with E-state index < -0.39 is 5.60 Å². The van der Waals surface area contributed by atoms with Crippen molar-refractivity contribution in [1.29, 1.82) is 0 Å². The highest BCUT2D eigenvalue weighted by Gasteiger charge is 2.33. The van der Waals surface area contributed by atoms with Crippen molar-refractivity contribution < 1.29 is 9.53 Å². The minimum absolute atomic E-state index is 0.0296. The summed E-state index contributed by atoms with van der Waals surface area (Å²) >= 11 is 0. The van der Waals surface area contributed by atoms with E-state index in [0.29, 0.717) is 12.5 Å². The molecule has 0 saturated carbocycles. The third kappa shape index (κ3) is 4.21. The first-order valence-electron chi connectivity index (χ1n) is 7.56. The summed E-state index contributed by atoms with van der Waals surface area (Å²) in [5, 5.41) is 0. The molecule has 1 aliphatic heterocycles. The lowest BCUT2D eigenvalue weighted by Gasteiger charge is -2.25.